The Morgan fingerprint density at radius 1 is 1.04 bits per heavy atom. The minimum atomic E-state index is -1.37. The molecule has 2 amide bonds. The van der Waals surface area contributed by atoms with Gasteiger partial charge in [-0.3, -0.25) is 4.79 Å². The highest BCUT2D eigenvalue weighted by Gasteiger charge is 2.14. The summed E-state index contributed by atoms with van der Waals surface area (Å²) in [6, 6.07) is 13.5. The molecule has 0 aliphatic rings. The highest BCUT2D eigenvalue weighted by Crippen LogP contribution is 2.11. The summed E-state index contributed by atoms with van der Waals surface area (Å²) in [5.41, 5.74) is 1.62. The molecule has 0 heterocycles. The molecule has 0 spiro atoms. The van der Waals surface area contributed by atoms with Gasteiger partial charge < -0.3 is 20.5 Å². The van der Waals surface area contributed by atoms with Crippen LogP contribution in [0.3, 0.4) is 0 Å². The van der Waals surface area contributed by atoms with Gasteiger partial charge in [-0.1, -0.05) is 42.5 Å². The van der Waals surface area contributed by atoms with Crippen LogP contribution in [0.1, 0.15) is 22.8 Å². The topological polar surface area (TPSA) is 98.3 Å². The van der Waals surface area contributed by atoms with Gasteiger partial charge in [-0.25, -0.2) is 4.79 Å². The third-order valence-corrected chi connectivity index (χ3v) is 3.40. The second-order valence-corrected chi connectivity index (χ2v) is 5.30. The Morgan fingerprint density at radius 3 is 2.38 bits per heavy atom. The molecule has 2 N–H and O–H groups in total. The van der Waals surface area contributed by atoms with Gasteiger partial charge in [-0.15, -0.1) is 0 Å². The van der Waals surface area contributed by atoms with Gasteiger partial charge >= 0.3 is 6.03 Å². The van der Waals surface area contributed by atoms with Gasteiger partial charge in [0, 0.05) is 11.3 Å². The summed E-state index contributed by atoms with van der Waals surface area (Å²) in [6.45, 7) is 1.42. The molecule has 2 rings (SSSR count). The molecule has 2 aromatic carbocycles. The second-order valence-electron chi connectivity index (χ2n) is 5.30. The number of aliphatic carboxylic acids is 1. The number of carboxylic acids is 1. The molecule has 0 unspecified atom stereocenters. The van der Waals surface area contributed by atoms with E-state index in [9.17, 15) is 19.5 Å². The van der Waals surface area contributed by atoms with E-state index >= 15 is 0 Å². The number of urea groups is 1. The molecule has 0 aliphatic carbocycles. The van der Waals surface area contributed by atoms with Crippen molar-refractivity contribution in [1.82, 2.24) is 5.32 Å². The maximum absolute atomic E-state index is 12.0. The molecule has 1 atom stereocenters. The SMILES string of the molecule is CC(=O)c1cccc(NC(=O)N[C@@H](Cc2ccccc2)C(=O)[O-])c1. The summed E-state index contributed by atoms with van der Waals surface area (Å²) < 4.78 is 0. The summed E-state index contributed by atoms with van der Waals surface area (Å²) >= 11 is 0. The smallest absolute Gasteiger partial charge is 0.319 e. The van der Waals surface area contributed by atoms with Gasteiger partial charge in [0.2, 0.25) is 0 Å². The zero-order valence-corrected chi connectivity index (χ0v) is 13.1. The van der Waals surface area contributed by atoms with E-state index in [-0.39, 0.29) is 12.2 Å². The van der Waals surface area contributed by atoms with Gasteiger partial charge in [-0.05, 0) is 31.0 Å². The minimum Gasteiger partial charge on any atom is -0.548 e. The number of Topliss-reactive ketones (excluding diaryl/α,β-unsaturated/α-hetero) is 1. The van der Waals surface area contributed by atoms with E-state index in [0.29, 0.717) is 11.3 Å². The highest BCUT2D eigenvalue weighted by molar-refractivity contribution is 5.97. The normalized spacial score (nSPS) is 11.4. The molecule has 6 nitrogen and oxygen atoms in total. The second kappa shape index (κ2) is 7.92. The molecule has 0 aromatic heterocycles. The Kier molecular flexibility index (Phi) is 5.68. The lowest BCUT2D eigenvalue weighted by Crippen LogP contribution is -2.50. The Labute approximate surface area is 139 Å². The van der Waals surface area contributed by atoms with Crippen molar-refractivity contribution in [2.45, 2.75) is 19.4 Å². The molecule has 6 heteroatoms. The van der Waals surface area contributed by atoms with Crippen LogP contribution in [0.4, 0.5) is 10.5 Å². The van der Waals surface area contributed by atoms with Gasteiger partial charge in [0.25, 0.3) is 0 Å². The number of carbonyl (C=O) groups is 3. The number of ketones is 1. The largest absolute Gasteiger partial charge is 0.548 e. The first-order chi connectivity index (χ1) is 11.5. The Balaban J connectivity index is 2.02. The van der Waals surface area contributed by atoms with E-state index in [2.05, 4.69) is 10.6 Å². The molecule has 0 aliphatic heterocycles. The maximum Gasteiger partial charge on any atom is 0.319 e. The van der Waals surface area contributed by atoms with Gasteiger partial charge in [0.1, 0.15) is 0 Å². The summed E-state index contributed by atoms with van der Waals surface area (Å²) in [4.78, 5) is 34.6. The highest BCUT2D eigenvalue weighted by atomic mass is 16.4. The van der Waals surface area contributed by atoms with Crippen LogP contribution in [-0.4, -0.2) is 23.8 Å². The van der Waals surface area contributed by atoms with Crippen LogP contribution < -0.4 is 15.7 Å². The first-order valence-corrected chi connectivity index (χ1v) is 7.39. The molecule has 24 heavy (non-hydrogen) atoms. The number of amides is 2. The van der Waals surface area contributed by atoms with Crippen LogP contribution in [0, 0.1) is 0 Å². The van der Waals surface area contributed by atoms with E-state index in [0.717, 1.165) is 5.56 Å². The molecular formula is C18H17N2O4-. The number of hydrogen-bond acceptors (Lipinski definition) is 4. The first-order valence-electron chi connectivity index (χ1n) is 7.39. The number of anilines is 1. The average Bonchev–Trinajstić information content (AvgIpc) is 2.55. The number of nitrogens with one attached hydrogen (secondary N) is 2. The fraction of sp³-hybridized carbons (Fsp3) is 0.167. The third kappa shape index (κ3) is 4.95. The summed E-state index contributed by atoms with van der Waals surface area (Å²) in [5.74, 6) is -1.50. The molecule has 0 fully saturated rings. The summed E-state index contributed by atoms with van der Waals surface area (Å²) in [7, 11) is 0. The first kappa shape index (κ1) is 17.2. The molecule has 124 valence electrons. The van der Waals surface area contributed by atoms with Crippen molar-refractivity contribution in [3.8, 4) is 0 Å². The molecule has 0 radical (unpaired) electrons. The van der Waals surface area contributed by atoms with Gasteiger partial charge in [0.15, 0.2) is 5.78 Å². The lowest BCUT2D eigenvalue weighted by Gasteiger charge is -2.20. The number of benzene rings is 2. The van der Waals surface area contributed by atoms with Crippen LogP contribution in [-0.2, 0) is 11.2 Å². The number of rotatable bonds is 6. The van der Waals surface area contributed by atoms with Crippen LogP contribution in [0.25, 0.3) is 0 Å². The van der Waals surface area contributed by atoms with E-state index in [1.165, 1.54) is 13.0 Å². The van der Waals surface area contributed by atoms with E-state index in [1.54, 1.807) is 42.5 Å². The van der Waals surface area contributed by atoms with Crippen molar-refractivity contribution in [2.75, 3.05) is 5.32 Å². The van der Waals surface area contributed by atoms with E-state index < -0.39 is 18.0 Å². The van der Waals surface area contributed by atoms with Crippen LogP contribution in [0.2, 0.25) is 0 Å². The fourth-order valence-electron chi connectivity index (χ4n) is 2.18. The summed E-state index contributed by atoms with van der Waals surface area (Å²) in [5, 5.41) is 16.1. The Morgan fingerprint density at radius 2 is 1.75 bits per heavy atom. The van der Waals surface area contributed by atoms with Crippen molar-refractivity contribution >= 4 is 23.5 Å². The average molecular weight is 325 g/mol. The maximum atomic E-state index is 12.0. The number of carbonyl (C=O) groups excluding carboxylic acids is 3. The van der Waals surface area contributed by atoms with Crippen LogP contribution in [0.5, 0.6) is 0 Å². The third-order valence-electron chi connectivity index (χ3n) is 3.40. The summed E-state index contributed by atoms with van der Waals surface area (Å²) in [6.07, 6.45) is 0.115. The lowest BCUT2D eigenvalue weighted by atomic mass is 10.1. The zero-order chi connectivity index (χ0) is 17.5. The minimum absolute atomic E-state index is 0.115. The predicted octanol–water partition coefficient (Wildman–Crippen LogP) is 1.37. The van der Waals surface area contributed by atoms with Gasteiger partial charge in [-0.2, -0.15) is 0 Å². The quantitative estimate of drug-likeness (QED) is 0.784. The predicted molar refractivity (Wildman–Crippen MR) is 87.5 cm³/mol. The van der Waals surface area contributed by atoms with Gasteiger partial charge in [0.05, 0.1) is 12.0 Å². The Bertz CT molecular complexity index is 744. The van der Waals surface area contributed by atoms with Crippen molar-refractivity contribution in [2.24, 2.45) is 0 Å². The van der Waals surface area contributed by atoms with Crippen molar-refractivity contribution in [3.05, 3.63) is 65.7 Å². The Hall–Kier alpha value is -3.15. The molecule has 0 saturated heterocycles. The lowest BCUT2D eigenvalue weighted by molar-refractivity contribution is -0.308. The fourth-order valence-corrected chi connectivity index (χ4v) is 2.18. The van der Waals surface area contributed by atoms with Crippen molar-refractivity contribution in [1.29, 1.82) is 0 Å². The van der Waals surface area contributed by atoms with Crippen molar-refractivity contribution in [3.63, 3.8) is 0 Å². The molecule has 2 aromatic rings. The molecular weight excluding hydrogens is 308 g/mol. The monoisotopic (exact) mass is 325 g/mol. The molecule has 0 saturated carbocycles. The number of hydrogen-bond donors (Lipinski definition) is 2. The van der Waals surface area contributed by atoms with E-state index in [1.807, 2.05) is 6.07 Å². The van der Waals surface area contributed by atoms with Crippen LogP contribution >= 0.6 is 0 Å². The van der Waals surface area contributed by atoms with E-state index in [4.69, 9.17) is 0 Å². The van der Waals surface area contributed by atoms with Crippen molar-refractivity contribution < 1.29 is 19.5 Å². The van der Waals surface area contributed by atoms with Crippen LogP contribution in [0.15, 0.2) is 54.6 Å². The standard InChI is InChI=1S/C18H18N2O4/c1-12(21)14-8-5-9-15(11-14)19-18(24)20-16(17(22)23)10-13-6-3-2-4-7-13/h2-9,11,16H,10H2,1H3,(H,22,23)(H2,19,20,24)/p-1/t16-/m0/s1. The zero-order valence-electron chi connectivity index (χ0n) is 13.1. The number of carboxylic acid groups (broad SMARTS) is 1. The molecule has 0 bridgehead atoms.